The molecule has 0 spiro atoms. The number of ether oxygens (including phenoxy) is 1. The Hall–Kier alpha value is -2.84. The Labute approximate surface area is 165 Å². The van der Waals surface area contributed by atoms with Crippen molar-refractivity contribution in [1.82, 2.24) is 19.5 Å². The van der Waals surface area contributed by atoms with E-state index in [1.807, 2.05) is 4.90 Å². The van der Waals surface area contributed by atoms with E-state index in [0.29, 0.717) is 47.6 Å². The molecule has 1 aliphatic heterocycles. The van der Waals surface area contributed by atoms with Crippen LogP contribution in [0.5, 0.6) is 0 Å². The van der Waals surface area contributed by atoms with Gasteiger partial charge in [-0.05, 0) is 18.2 Å². The van der Waals surface area contributed by atoms with Gasteiger partial charge in [-0.15, -0.1) is 0 Å². The minimum Gasteiger partial charge on any atom is -0.370 e. The molecule has 1 atom stereocenters. The highest BCUT2D eigenvalue weighted by atomic mass is 35.5. The molecule has 0 radical (unpaired) electrons. The zero-order chi connectivity index (χ0) is 19.7. The predicted molar refractivity (Wildman–Crippen MR) is 103 cm³/mol. The van der Waals surface area contributed by atoms with Gasteiger partial charge in [-0.2, -0.15) is 0 Å². The van der Waals surface area contributed by atoms with Gasteiger partial charge >= 0.3 is 0 Å². The molecule has 3 heterocycles. The Morgan fingerprint density at radius 3 is 2.86 bits per heavy atom. The zero-order valence-electron chi connectivity index (χ0n) is 15.0. The van der Waals surface area contributed by atoms with Gasteiger partial charge in [0, 0.05) is 36.4 Å². The van der Waals surface area contributed by atoms with Crippen LogP contribution in [0.2, 0.25) is 5.02 Å². The molecule has 1 aromatic carbocycles. The van der Waals surface area contributed by atoms with Gasteiger partial charge in [-0.3, -0.25) is 9.36 Å². The summed E-state index contributed by atoms with van der Waals surface area (Å²) in [5.41, 5.74) is 1.55. The SMILES string of the molecule is Cn1c(N2CCOC(c3ccc(F)cc3Cl)C2)nc(-c2ccncn2)cc1=O. The second kappa shape index (κ2) is 7.65. The zero-order valence-corrected chi connectivity index (χ0v) is 15.8. The highest BCUT2D eigenvalue weighted by molar-refractivity contribution is 6.31. The Morgan fingerprint density at radius 2 is 2.11 bits per heavy atom. The normalized spacial score (nSPS) is 17.0. The number of anilines is 1. The molecule has 1 aliphatic rings. The smallest absolute Gasteiger partial charge is 0.255 e. The molecule has 0 aliphatic carbocycles. The maximum atomic E-state index is 13.4. The highest BCUT2D eigenvalue weighted by Crippen LogP contribution is 2.30. The fourth-order valence-corrected chi connectivity index (χ4v) is 3.45. The van der Waals surface area contributed by atoms with E-state index in [0.717, 1.165) is 0 Å². The fraction of sp³-hybridized carbons (Fsp3) is 0.263. The molecule has 2 aromatic heterocycles. The van der Waals surface area contributed by atoms with Crippen molar-refractivity contribution in [3.63, 3.8) is 0 Å². The van der Waals surface area contributed by atoms with Crippen LogP contribution in [0.15, 0.2) is 47.7 Å². The van der Waals surface area contributed by atoms with Crippen LogP contribution >= 0.6 is 11.6 Å². The molecule has 3 aromatic rings. The standard InChI is InChI=1S/C19H17ClFN5O2/c1-25-18(27)9-16(15-4-5-22-11-23-15)24-19(25)26-6-7-28-17(10-26)13-3-2-12(21)8-14(13)20/h2-5,8-9,11,17H,6-7,10H2,1H3. The Morgan fingerprint density at radius 1 is 1.25 bits per heavy atom. The van der Waals surface area contributed by atoms with Gasteiger partial charge in [-0.1, -0.05) is 17.7 Å². The molecule has 1 saturated heterocycles. The Kier molecular flexibility index (Phi) is 5.06. The minimum atomic E-state index is -0.400. The minimum absolute atomic E-state index is 0.193. The van der Waals surface area contributed by atoms with Crippen molar-refractivity contribution in [3.05, 3.63) is 69.6 Å². The van der Waals surface area contributed by atoms with Crippen LogP contribution in [0, 0.1) is 5.82 Å². The summed E-state index contributed by atoms with van der Waals surface area (Å²) in [7, 11) is 1.67. The summed E-state index contributed by atoms with van der Waals surface area (Å²) in [6, 6.07) is 7.39. The largest absolute Gasteiger partial charge is 0.370 e. The van der Waals surface area contributed by atoms with Gasteiger partial charge in [-0.25, -0.2) is 19.3 Å². The fourth-order valence-electron chi connectivity index (χ4n) is 3.17. The summed E-state index contributed by atoms with van der Waals surface area (Å²) in [6.45, 7) is 1.41. The van der Waals surface area contributed by atoms with E-state index >= 15 is 0 Å². The van der Waals surface area contributed by atoms with Crippen molar-refractivity contribution in [2.75, 3.05) is 24.6 Å². The lowest BCUT2D eigenvalue weighted by Crippen LogP contribution is -2.41. The summed E-state index contributed by atoms with van der Waals surface area (Å²) in [4.78, 5) is 27.1. The molecule has 1 unspecified atom stereocenters. The number of halogens is 2. The third kappa shape index (κ3) is 3.61. The lowest BCUT2D eigenvalue weighted by atomic mass is 10.1. The number of benzene rings is 1. The van der Waals surface area contributed by atoms with Crippen molar-refractivity contribution in [3.8, 4) is 11.4 Å². The molecular weight excluding hydrogens is 385 g/mol. The molecule has 144 valence electrons. The second-order valence-electron chi connectivity index (χ2n) is 6.40. The number of nitrogens with zero attached hydrogens (tertiary/aromatic N) is 5. The monoisotopic (exact) mass is 401 g/mol. The highest BCUT2D eigenvalue weighted by Gasteiger charge is 2.26. The summed E-state index contributed by atoms with van der Waals surface area (Å²) in [5, 5.41) is 0.309. The summed E-state index contributed by atoms with van der Waals surface area (Å²) in [6.07, 6.45) is 2.65. The van der Waals surface area contributed by atoms with Crippen LogP contribution < -0.4 is 10.5 Å². The number of hydrogen-bond donors (Lipinski definition) is 0. The average Bonchev–Trinajstić information content (AvgIpc) is 2.70. The van der Waals surface area contributed by atoms with E-state index in [1.165, 1.54) is 29.1 Å². The van der Waals surface area contributed by atoms with Crippen molar-refractivity contribution < 1.29 is 9.13 Å². The maximum Gasteiger partial charge on any atom is 0.255 e. The molecule has 0 amide bonds. The first kappa shape index (κ1) is 18.5. The van der Waals surface area contributed by atoms with Crippen LogP contribution in [-0.4, -0.2) is 39.2 Å². The third-order valence-corrected chi connectivity index (χ3v) is 4.94. The van der Waals surface area contributed by atoms with Crippen LogP contribution in [0.3, 0.4) is 0 Å². The summed E-state index contributed by atoms with van der Waals surface area (Å²) < 4.78 is 20.7. The quantitative estimate of drug-likeness (QED) is 0.671. The van der Waals surface area contributed by atoms with E-state index in [4.69, 9.17) is 16.3 Å². The van der Waals surface area contributed by atoms with Crippen LogP contribution in [-0.2, 0) is 11.8 Å². The van der Waals surface area contributed by atoms with Crippen LogP contribution in [0.1, 0.15) is 11.7 Å². The first-order valence-corrected chi connectivity index (χ1v) is 9.06. The van der Waals surface area contributed by atoms with E-state index in [9.17, 15) is 9.18 Å². The summed E-state index contributed by atoms with van der Waals surface area (Å²) in [5.74, 6) is 0.107. The maximum absolute atomic E-state index is 13.4. The third-order valence-electron chi connectivity index (χ3n) is 4.61. The van der Waals surface area contributed by atoms with Crippen LogP contribution in [0.4, 0.5) is 10.3 Å². The first-order chi connectivity index (χ1) is 13.5. The van der Waals surface area contributed by atoms with Crippen molar-refractivity contribution in [2.45, 2.75) is 6.10 Å². The predicted octanol–water partition coefficient (Wildman–Crippen LogP) is 2.61. The van der Waals surface area contributed by atoms with Crippen LogP contribution in [0.25, 0.3) is 11.4 Å². The lowest BCUT2D eigenvalue weighted by Gasteiger charge is -2.34. The second-order valence-corrected chi connectivity index (χ2v) is 6.81. The van der Waals surface area contributed by atoms with E-state index in [-0.39, 0.29) is 11.7 Å². The van der Waals surface area contributed by atoms with Gasteiger partial charge < -0.3 is 9.64 Å². The van der Waals surface area contributed by atoms with Crippen molar-refractivity contribution in [2.24, 2.45) is 7.05 Å². The molecule has 9 heteroatoms. The molecule has 0 N–H and O–H groups in total. The number of rotatable bonds is 3. The van der Waals surface area contributed by atoms with E-state index < -0.39 is 5.82 Å². The lowest BCUT2D eigenvalue weighted by molar-refractivity contribution is 0.0390. The van der Waals surface area contributed by atoms with Gasteiger partial charge in [0.25, 0.3) is 5.56 Å². The molecule has 28 heavy (non-hydrogen) atoms. The first-order valence-electron chi connectivity index (χ1n) is 8.69. The molecule has 0 bridgehead atoms. The Bertz CT molecular complexity index is 1060. The van der Waals surface area contributed by atoms with Crippen molar-refractivity contribution >= 4 is 17.5 Å². The molecule has 7 nitrogen and oxygen atoms in total. The van der Waals surface area contributed by atoms with Gasteiger partial charge in [0.15, 0.2) is 0 Å². The van der Waals surface area contributed by atoms with Gasteiger partial charge in [0.2, 0.25) is 5.95 Å². The molecular formula is C19H17ClFN5O2. The number of morpholine rings is 1. The Balaban J connectivity index is 1.68. The summed E-state index contributed by atoms with van der Waals surface area (Å²) >= 11 is 6.19. The van der Waals surface area contributed by atoms with Gasteiger partial charge in [0.1, 0.15) is 18.2 Å². The topological polar surface area (TPSA) is 73.1 Å². The number of hydrogen-bond acceptors (Lipinski definition) is 6. The molecule has 4 rings (SSSR count). The molecule has 1 fully saturated rings. The van der Waals surface area contributed by atoms with Gasteiger partial charge in [0.05, 0.1) is 24.5 Å². The van der Waals surface area contributed by atoms with Crippen molar-refractivity contribution in [1.29, 1.82) is 0 Å². The van der Waals surface area contributed by atoms with E-state index in [2.05, 4.69) is 15.0 Å². The van der Waals surface area contributed by atoms with E-state index in [1.54, 1.807) is 25.4 Å². The average molecular weight is 402 g/mol. The number of aromatic nitrogens is 4. The molecule has 0 saturated carbocycles.